The first-order valence-corrected chi connectivity index (χ1v) is 7.01. The molecule has 0 saturated carbocycles. The number of hydrogen-bond donors (Lipinski definition) is 0. The Kier molecular flexibility index (Phi) is 3.11. The van der Waals surface area contributed by atoms with Crippen LogP contribution >= 0.6 is 11.8 Å². The lowest BCUT2D eigenvalue weighted by atomic mass is 10.2. The molecule has 1 aromatic heterocycles. The molecule has 0 aliphatic carbocycles. The van der Waals surface area contributed by atoms with Gasteiger partial charge >= 0.3 is 0 Å². The van der Waals surface area contributed by atoms with Crippen LogP contribution in [0.5, 0.6) is 0 Å². The lowest BCUT2D eigenvalue weighted by Gasteiger charge is -1.98. The van der Waals surface area contributed by atoms with Crippen molar-refractivity contribution in [3.8, 4) is 0 Å². The molecule has 2 aromatic carbocycles. The molecule has 0 aliphatic heterocycles. The van der Waals surface area contributed by atoms with Gasteiger partial charge in [0.15, 0.2) is 0 Å². The average Bonchev–Trinajstić information content (AvgIpc) is 2.78. The Morgan fingerprint density at radius 2 is 1.67 bits per heavy atom. The predicted molar refractivity (Wildman–Crippen MR) is 78.2 cm³/mol. The number of hydrogen-bond acceptors (Lipinski definition) is 1. The minimum atomic E-state index is 1.01. The molecule has 1 nitrogen and oxygen atoms in total. The van der Waals surface area contributed by atoms with E-state index in [2.05, 4.69) is 72.3 Å². The fourth-order valence-electron chi connectivity index (χ4n) is 2.17. The van der Waals surface area contributed by atoms with Gasteiger partial charge in [-0.2, -0.15) is 0 Å². The van der Waals surface area contributed by atoms with E-state index >= 15 is 0 Å². The molecule has 0 bridgehead atoms. The molecule has 0 spiro atoms. The number of aryl methyl sites for hydroxylation is 1. The van der Waals surface area contributed by atoms with Crippen LogP contribution in [0.25, 0.3) is 10.9 Å². The summed E-state index contributed by atoms with van der Waals surface area (Å²) in [6.45, 7) is 3.19. The molecule has 18 heavy (non-hydrogen) atoms. The van der Waals surface area contributed by atoms with Crippen LogP contribution in [0.4, 0.5) is 0 Å². The zero-order chi connectivity index (χ0) is 12.4. The highest BCUT2D eigenvalue weighted by Gasteiger charge is 2.07. The second-order valence-corrected chi connectivity index (χ2v) is 5.33. The van der Waals surface area contributed by atoms with E-state index in [4.69, 9.17) is 0 Å². The lowest BCUT2D eigenvalue weighted by molar-refractivity contribution is 0.792. The highest BCUT2D eigenvalue weighted by molar-refractivity contribution is 7.99. The van der Waals surface area contributed by atoms with E-state index in [1.165, 1.54) is 20.7 Å². The van der Waals surface area contributed by atoms with E-state index in [-0.39, 0.29) is 0 Å². The van der Waals surface area contributed by atoms with Crippen molar-refractivity contribution in [2.45, 2.75) is 23.3 Å². The van der Waals surface area contributed by atoms with E-state index in [1.807, 2.05) is 11.8 Å². The Bertz CT molecular complexity index is 655. The fourth-order valence-corrected chi connectivity index (χ4v) is 3.18. The van der Waals surface area contributed by atoms with Crippen molar-refractivity contribution in [3.63, 3.8) is 0 Å². The summed E-state index contributed by atoms with van der Waals surface area (Å²) in [5.41, 5.74) is 1.32. The summed E-state index contributed by atoms with van der Waals surface area (Å²) < 4.78 is 2.31. The van der Waals surface area contributed by atoms with Crippen molar-refractivity contribution >= 4 is 22.7 Å². The quantitative estimate of drug-likeness (QED) is 0.648. The summed E-state index contributed by atoms with van der Waals surface area (Å²) in [6, 6.07) is 19.1. The Morgan fingerprint density at radius 3 is 2.44 bits per heavy atom. The number of nitrogens with zero attached hydrogens (tertiary/aromatic N) is 1. The standard InChI is InChI=1S/C16H15NS/c1-2-17-12-16(14-10-6-7-11-15(14)17)18-13-8-4-3-5-9-13/h3-12H,2H2,1H3. The molecular formula is C16H15NS. The van der Waals surface area contributed by atoms with Crippen molar-refractivity contribution in [1.29, 1.82) is 0 Å². The van der Waals surface area contributed by atoms with Crippen molar-refractivity contribution < 1.29 is 0 Å². The van der Waals surface area contributed by atoms with E-state index in [9.17, 15) is 0 Å². The molecule has 3 aromatic rings. The summed E-state index contributed by atoms with van der Waals surface area (Å²) in [5.74, 6) is 0. The molecule has 1 heterocycles. The van der Waals surface area contributed by atoms with Crippen LogP contribution in [0.2, 0.25) is 0 Å². The first-order valence-electron chi connectivity index (χ1n) is 6.19. The molecule has 0 saturated heterocycles. The van der Waals surface area contributed by atoms with E-state index in [0.717, 1.165) is 6.54 Å². The van der Waals surface area contributed by atoms with Gasteiger partial charge in [-0.15, -0.1) is 0 Å². The van der Waals surface area contributed by atoms with Crippen LogP contribution in [0.15, 0.2) is 70.6 Å². The zero-order valence-electron chi connectivity index (χ0n) is 10.3. The van der Waals surface area contributed by atoms with E-state index in [0.29, 0.717) is 0 Å². The van der Waals surface area contributed by atoms with Crippen LogP contribution in [-0.2, 0) is 6.54 Å². The topological polar surface area (TPSA) is 4.93 Å². The van der Waals surface area contributed by atoms with E-state index < -0.39 is 0 Å². The molecule has 0 radical (unpaired) electrons. The van der Waals surface area contributed by atoms with Gasteiger partial charge in [0, 0.05) is 33.4 Å². The highest BCUT2D eigenvalue weighted by Crippen LogP contribution is 2.34. The minimum Gasteiger partial charge on any atom is -0.347 e. The number of fused-ring (bicyclic) bond motifs is 1. The van der Waals surface area contributed by atoms with Gasteiger partial charge in [-0.05, 0) is 25.1 Å². The number of aromatic nitrogens is 1. The third-order valence-corrected chi connectivity index (χ3v) is 4.12. The molecule has 0 fully saturated rings. The molecule has 0 N–H and O–H groups in total. The molecule has 0 aliphatic rings. The molecule has 2 heteroatoms. The summed E-state index contributed by atoms with van der Waals surface area (Å²) in [6.07, 6.45) is 2.25. The number of rotatable bonds is 3. The largest absolute Gasteiger partial charge is 0.347 e. The number of benzene rings is 2. The third-order valence-electron chi connectivity index (χ3n) is 3.06. The Morgan fingerprint density at radius 1 is 0.944 bits per heavy atom. The number of para-hydroxylation sites is 1. The van der Waals surface area contributed by atoms with Crippen molar-refractivity contribution in [3.05, 3.63) is 60.8 Å². The van der Waals surface area contributed by atoms with Crippen LogP contribution in [0.3, 0.4) is 0 Å². The van der Waals surface area contributed by atoms with Gasteiger partial charge < -0.3 is 4.57 Å². The summed E-state index contributed by atoms with van der Waals surface area (Å²) in [4.78, 5) is 2.62. The zero-order valence-corrected chi connectivity index (χ0v) is 11.2. The van der Waals surface area contributed by atoms with Gasteiger partial charge in [0.1, 0.15) is 0 Å². The Hall–Kier alpha value is -1.67. The Balaban J connectivity index is 2.07. The molecule has 0 atom stereocenters. The van der Waals surface area contributed by atoms with Crippen LogP contribution in [0.1, 0.15) is 6.92 Å². The van der Waals surface area contributed by atoms with Crippen molar-refractivity contribution in [1.82, 2.24) is 4.57 Å². The molecule has 3 rings (SSSR count). The normalized spacial score (nSPS) is 10.9. The first-order chi connectivity index (χ1) is 8.88. The molecule has 0 unspecified atom stereocenters. The van der Waals surface area contributed by atoms with Crippen LogP contribution < -0.4 is 0 Å². The van der Waals surface area contributed by atoms with Gasteiger partial charge in [-0.25, -0.2) is 0 Å². The predicted octanol–water partition coefficient (Wildman–Crippen LogP) is 4.81. The van der Waals surface area contributed by atoms with Gasteiger partial charge in [0.25, 0.3) is 0 Å². The fraction of sp³-hybridized carbons (Fsp3) is 0.125. The van der Waals surface area contributed by atoms with Gasteiger partial charge in [-0.1, -0.05) is 48.2 Å². The van der Waals surface area contributed by atoms with Crippen LogP contribution in [0, 0.1) is 0 Å². The maximum absolute atomic E-state index is 2.31. The summed E-state index contributed by atoms with van der Waals surface area (Å²) >= 11 is 1.83. The van der Waals surface area contributed by atoms with Gasteiger partial charge in [0.2, 0.25) is 0 Å². The van der Waals surface area contributed by atoms with Gasteiger partial charge in [0.05, 0.1) is 0 Å². The van der Waals surface area contributed by atoms with Gasteiger partial charge in [-0.3, -0.25) is 0 Å². The maximum Gasteiger partial charge on any atom is 0.0492 e. The SMILES string of the molecule is CCn1cc(Sc2ccccc2)c2ccccc21. The molecule has 0 amide bonds. The third kappa shape index (κ3) is 2.04. The lowest BCUT2D eigenvalue weighted by Crippen LogP contribution is -1.89. The average molecular weight is 253 g/mol. The summed E-state index contributed by atoms with van der Waals surface area (Å²) in [7, 11) is 0. The Labute approximate surface area is 111 Å². The molecular weight excluding hydrogens is 238 g/mol. The maximum atomic E-state index is 2.31. The second-order valence-electron chi connectivity index (χ2n) is 4.21. The van der Waals surface area contributed by atoms with Crippen LogP contribution in [-0.4, -0.2) is 4.57 Å². The summed E-state index contributed by atoms with van der Waals surface area (Å²) in [5, 5.41) is 1.34. The second kappa shape index (κ2) is 4.91. The minimum absolute atomic E-state index is 1.01. The molecule has 90 valence electrons. The highest BCUT2D eigenvalue weighted by atomic mass is 32.2. The monoisotopic (exact) mass is 253 g/mol. The smallest absolute Gasteiger partial charge is 0.0492 e. The first kappa shape index (κ1) is 11.4. The van der Waals surface area contributed by atoms with Crippen molar-refractivity contribution in [2.24, 2.45) is 0 Å². The van der Waals surface area contributed by atoms with E-state index in [1.54, 1.807) is 0 Å². The van der Waals surface area contributed by atoms with Crippen molar-refractivity contribution in [2.75, 3.05) is 0 Å².